The standard InChI is InChI=1S/C15H26N2O3S/c1-14(2)5-10(6-15(3,4)8-14)16-13(20)17-9-21-7-11(17)12(18)19/h10-11H,5-9H2,1-4H3,(H,16,20)(H,18,19). The highest BCUT2D eigenvalue weighted by Gasteiger charge is 2.41. The molecule has 1 aliphatic carbocycles. The van der Waals surface area contributed by atoms with Gasteiger partial charge in [0.25, 0.3) is 0 Å². The number of carbonyl (C=O) groups is 2. The van der Waals surface area contributed by atoms with E-state index in [0.717, 1.165) is 19.3 Å². The highest BCUT2D eigenvalue weighted by Crippen LogP contribution is 2.45. The van der Waals surface area contributed by atoms with Crippen LogP contribution in [0.25, 0.3) is 0 Å². The molecule has 1 heterocycles. The summed E-state index contributed by atoms with van der Waals surface area (Å²) in [5, 5.41) is 12.2. The van der Waals surface area contributed by atoms with Gasteiger partial charge < -0.3 is 15.3 Å². The Hall–Kier alpha value is -0.910. The topological polar surface area (TPSA) is 69.6 Å². The molecule has 2 amide bonds. The lowest BCUT2D eigenvalue weighted by atomic mass is 9.63. The number of carbonyl (C=O) groups excluding carboxylic acids is 1. The molecule has 21 heavy (non-hydrogen) atoms. The summed E-state index contributed by atoms with van der Waals surface area (Å²) in [4.78, 5) is 25.0. The van der Waals surface area contributed by atoms with Crippen molar-refractivity contribution in [2.75, 3.05) is 11.6 Å². The first-order valence-corrected chi connectivity index (χ1v) is 8.63. The average molecular weight is 314 g/mol. The van der Waals surface area contributed by atoms with E-state index in [1.807, 2.05) is 0 Å². The predicted molar refractivity (Wildman–Crippen MR) is 84.3 cm³/mol. The number of nitrogens with zero attached hydrogens (tertiary/aromatic N) is 1. The molecule has 1 saturated heterocycles. The maximum Gasteiger partial charge on any atom is 0.327 e. The lowest BCUT2D eigenvalue weighted by Gasteiger charge is -2.45. The van der Waals surface area contributed by atoms with Crippen LogP contribution >= 0.6 is 11.8 Å². The van der Waals surface area contributed by atoms with Crippen molar-refractivity contribution < 1.29 is 14.7 Å². The Morgan fingerprint density at radius 2 is 1.76 bits per heavy atom. The Kier molecular flexibility index (Phi) is 4.47. The number of hydrogen-bond donors (Lipinski definition) is 2. The molecule has 5 nitrogen and oxygen atoms in total. The number of rotatable bonds is 2. The predicted octanol–water partition coefficient (Wildman–Crippen LogP) is 2.76. The number of nitrogens with one attached hydrogen (secondary N) is 1. The molecule has 0 spiro atoms. The molecule has 0 aromatic rings. The van der Waals surface area contributed by atoms with Crippen LogP contribution in [-0.4, -0.2) is 45.7 Å². The van der Waals surface area contributed by atoms with Gasteiger partial charge in [-0.2, -0.15) is 0 Å². The van der Waals surface area contributed by atoms with Crippen LogP contribution in [0.2, 0.25) is 0 Å². The number of hydrogen-bond acceptors (Lipinski definition) is 3. The van der Waals surface area contributed by atoms with Crippen molar-refractivity contribution in [2.45, 2.75) is 59.0 Å². The largest absolute Gasteiger partial charge is 0.480 e. The fraction of sp³-hybridized carbons (Fsp3) is 0.867. The molecule has 2 aliphatic rings. The SMILES string of the molecule is CC1(C)CC(NC(=O)N2CSCC2C(=O)O)CC(C)(C)C1. The van der Waals surface area contributed by atoms with Crippen molar-refractivity contribution in [3.8, 4) is 0 Å². The molecule has 2 N–H and O–H groups in total. The molecule has 0 aromatic heterocycles. The van der Waals surface area contributed by atoms with Crippen molar-refractivity contribution in [1.82, 2.24) is 10.2 Å². The third-order valence-corrected chi connectivity index (χ3v) is 5.32. The fourth-order valence-electron chi connectivity index (χ4n) is 4.05. The van der Waals surface area contributed by atoms with Gasteiger partial charge in [-0.05, 0) is 30.1 Å². The molecule has 6 heteroatoms. The molecule has 1 unspecified atom stereocenters. The van der Waals surface area contributed by atoms with E-state index in [1.54, 1.807) is 0 Å². The number of amides is 2. The lowest BCUT2D eigenvalue weighted by molar-refractivity contribution is -0.140. The first kappa shape index (κ1) is 16.5. The number of carboxylic acids is 1. The third kappa shape index (κ3) is 4.05. The molecular formula is C15H26N2O3S. The number of aliphatic carboxylic acids is 1. The van der Waals surface area contributed by atoms with E-state index in [4.69, 9.17) is 5.11 Å². The van der Waals surface area contributed by atoms with Gasteiger partial charge in [0, 0.05) is 11.8 Å². The van der Waals surface area contributed by atoms with E-state index >= 15 is 0 Å². The summed E-state index contributed by atoms with van der Waals surface area (Å²) in [5.41, 5.74) is 0.400. The molecule has 1 saturated carbocycles. The molecule has 1 aliphatic heterocycles. The maximum absolute atomic E-state index is 12.4. The second-order valence-electron chi connectivity index (χ2n) is 7.88. The summed E-state index contributed by atoms with van der Waals surface area (Å²) in [5.74, 6) is 0.0200. The minimum Gasteiger partial charge on any atom is -0.480 e. The highest BCUT2D eigenvalue weighted by molar-refractivity contribution is 7.99. The lowest BCUT2D eigenvalue weighted by Crippen LogP contribution is -2.52. The van der Waals surface area contributed by atoms with Crippen molar-refractivity contribution in [3.63, 3.8) is 0 Å². The van der Waals surface area contributed by atoms with Crippen LogP contribution in [0.3, 0.4) is 0 Å². The van der Waals surface area contributed by atoms with Crippen LogP contribution < -0.4 is 5.32 Å². The Balaban J connectivity index is 2.00. The normalized spacial score (nSPS) is 28.4. The summed E-state index contributed by atoms with van der Waals surface area (Å²) in [7, 11) is 0. The van der Waals surface area contributed by atoms with E-state index < -0.39 is 12.0 Å². The van der Waals surface area contributed by atoms with Crippen LogP contribution in [0, 0.1) is 10.8 Å². The van der Waals surface area contributed by atoms with Crippen LogP contribution in [0.1, 0.15) is 47.0 Å². The van der Waals surface area contributed by atoms with Gasteiger partial charge in [-0.15, -0.1) is 11.8 Å². The maximum atomic E-state index is 12.4. The molecule has 1 atom stereocenters. The third-order valence-electron chi connectivity index (χ3n) is 4.31. The van der Waals surface area contributed by atoms with E-state index in [2.05, 4.69) is 33.0 Å². The number of thioether (sulfide) groups is 1. The van der Waals surface area contributed by atoms with Gasteiger partial charge in [0.2, 0.25) is 0 Å². The zero-order chi connectivity index (χ0) is 15.8. The number of carboxylic acid groups (broad SMARTS) is 1. The van der Waals surface area contributed by atoms with Crippen LogP contribution in [0.4, 0.5) is 4.79 Å². The number of urea groups is 1. The summed E-state index contributed by atoms with van der Waals surface area (Å²) in [6.07, 6.45) is 3.03. The Bertz CT molecular complexity index is 421. The molecule has 120 valence electrons. The first-order valence-electron chi connectivity index (χ1n) is 7.47. The summed E-state index contributed by atoms with van der Waals surface area (Å²) < 4.78 is 0. The van der Waals surface area contributed by atoms with Crippen molar-refractivity contribution in [3.05, 3.63) is 0 Å². The molecule has 0 bridgehead atoms. The zero-order valence-electron chi connectivity index (χ0n) is 13.3. The quantitative estimate of drug-likeness (QED) is 0.822. The monoisotopic (exact) mass is 314 g/mol. The van der Waals surface area contributed by atoms with Crippen LogP contribution in [0.5, 0.6) is 0 Å². The van der Waals surface area contributed by atoms with Crippen molar-refractivity contribution in [1.29, 1.82) is 0 Å². The second-order valence-corrected chi connectivity index (χ2v) is 8.88. The Morgan fingerprint density at radius 3 is 2.29 bits per heavy atom. The van der Waals surface area contributed by atoms with Crippen LogP contribution in [-0.2, 0) is 4.79 Å². The van der Waals surface area contributed by atoms with Gasteiger partial charge >= 0.3 is 12.0 Å². The van der Waals surface area contributed by atoms with Crippen LogP contribution in [0.15, 0.2) is 0 Å². The molecule has 0 radical (unpaired) electrons. The minimum absolute atomic E-state index is 0.122. The van der Waals surface area contributed by atoms with Gasteiger partial charge in [0.05, 0.1) is 5.88 Å². The van der Waals surface area contributed by atoms with Gasteiger partial charge in [-0.3, -0.25) is 0 Å². The Labute approximate surface area is 130 Å². The molecule has 2 fully saturated rings. The van der Waals surface area contributed by atoms with E-state index in [0.29, 0.717) is 11.6 Å². The van der Waals surface area contributed by atoms with Gasteiger partial charge in [-0.25, -0.2) is 9.59 Å². The Morgan fingerprint density at radius 1 is 1.19 bits per heavy atom. The van der Waals surface area contributed by atoms with E-state index in [-0.39, 0.29) is 22.9 Å². The first-order chi connectivity index (χ1) is 9.60. The van der Waals surface area contributed by atoms with Crippen molar-refractivity contribution >= 4 is 23.8 Å². The van der Waals surface area contributed by atoms with E-state index in [1.165, 1.54) is 16.7 Å². The summed E-state index contributed by atoms with van der Waals surface area (Å²) in [6.45, 7) is 8.94. The smallest absolute Gasteiger partial charge is 0.327 e. The molecule has 0 aromatic carbocycles. The van der Waals surface area contributed by atoms with Crippen molar-refractivity contribution in [2.24, 2.45) is 10.8 Å². The summed E-state index contributed by atoms with van der Waals surface area (Å²) in [6, 6.07) is -0.804. The minimum atomic E-state index is -0.917. The second kappa shape index (κ2) is 5.71. The highest BCUT2D eigenvalue weighted by atomic mass is 32.2. The fourth-order valence-corrected chi connectivity index (χ4v) is 5.20. The van der Waals surface area contributed by atoms with Gasteiger partial charge in [-0.1, -0.05) is 27.7 Å². The average Bonchev–Trinajstić information content (AvgIpc) is 2.72. The zero-order valence-corrected chi connectivity index (χ0v) is 14.1. The molecular weight excluding hydrogens is 288 g/mol. The summed E-state index contributed by atoms with van der Waals surface area (Å²) >= 11 is 1.49. The van der Waals surface area contributed by atoms with Gasteiger partial charge in [0.1, 0.15) is 6.04 Å². The van der Waals surface area contributed by atoms with E-state index in [9.17, 15) is 9.59 Å². The molecule has 2 rings (SSSR count). The van der Waals surface area contributed by atoms with Gasteiger partial charge in [0.15, 0.2) is 0 Å².